The molecular weight excluding hydrogens is 362 g/mol. The fourth-order valence-electron chi connectivity index (χ4n) is 3.55. The molecule has 2 aromatic rings. The molecule has 0 radical (unpaired) electrons. The molecule has 3 aliphatic rings. The highest BCUT2D eigenvalue weighted by Crippen LogP contribution is 2.34. The largest absolute Gasteiger partial charge is 0.486 e. The van der Waals surface area contributed by atoms with Crippen molar-refractivity contribution in [1.29, 1.82) is 0 Å². The molecule has 5 rings (SSSR count). The quantitative estimate of drug-likeness (QED) is 0.840. The van der Waals surface area contributed by atoms with Crippen LogP contribution in [0.5, 0.6) is 11.5 Å². The molecule has 2 aliphatic heterocycles. The highest BCUT2D eigenvalue weighted by molar-refractivity contribution is 5.98. The molecule has 146 valence electrons. The number of carbonyl (C=O) groups is 2. The van der Waals surface area contributed by atoms with Gasteiger partial charge in [0, 0.05) is 19.6 Å². The second kappa shape index (κ2) is 6.81. The molecular formula is C19H21N5O4. The van der Waals surface area contributed by atoms with Gasteiger partial charge in [-0.1, -0.05) is 6.07 Å². The van der Waals surface area contributed by atoms with Gasteiger partial charge in [-0.15, -0.1) is 10.2 Å². The predicted molar refractivity (Wildman–Crippen MR) is 97.3 cm³/mol. The van der Waals surface area contributed by atoms with Gasteiger partial charge in [0.1, 0.15) is 13.2 Å². The highest BCUT2D eigenvalue weighted by Gasteiger charge is 2.30. The first-order valence-electron chi connectivity index (χ1n) is 9.59. The Morgan fingerprint density at radius 3 is 2.86 bits per heavy atom. The summed E-state index contributed by atoms with van der Waals surface area (Å²) in [4.78, 5) is 27.1. The van der Waals surface area contributed by atoms with Crippen molar-refractivity contribution in [2.24, 2.45) is 5.92 Å². The molecule has 3 heterocycles. The van der Waals surface area contributed by atoms with Gasteiger partial charge in [-0.25, -0.2) is 0 Å². The number of nitrogens with one attached hydrogen (secondary N) is 1. The van der Waals surface area contributed by atoms with Crippen LogP contribution in [0.3, 0.4) is 0 Å². The van der Waals surface area contributed by atoms with Gasteiger partial charge in [0.2, 0.25) is 5.82 Å². The van der Waals surface area contributed by atoms with E-state index in [1.165, 1.54) is 12.8 Å². The maximum atomic E-state index is 13.1. The van der Waals surface area contributed by atoms with Crippen LogP contribution in [-0.4, -0.2) is 57.8 Å². The Morgan fingerprint density at radius 2 is 2.00 bits per heavy atom. The van der Waals surface area contributed by atoms with E-state index >= 15 is 0 Å². The molecule has 1 aromatic heterocycles. The molecule has 0 unspecified atom stereocenters. The van der Waals surface area contributed by atoms with E-state index in [0.29, 0.717) is 74.0 Å². The number of amides is 2. The van der Waals surface area contributed by atoms with Gasteiger partial charge < -0.3 is 24.3 Å². The molecule has 1 N–H and O–H groups in total. The molecule has 0 saturated heterocycles. The molecule has 0 spiro atoms. The molecule has 1 aliphatic carbocycles. The monoisotopic (exact) mass is 383 g/mol. The standard InChI is InChI=1S/C19H21N5O4/c25-18(20-10-12-4-5-12)17-22-21-15-11-23(6-7-24(15)17)19(26)13-2-1-3-14-16(13)28-9-8-27-14/h1-3,12H,4-11H2,(H,20,25). The number of nitrogens with zero attached hydrogens (tertiary/aromatic N) is 4. The lowest BCUT2D eigenvalue weighted by molar-refractivity contribution is 0.0695. The molecule has 0 atom stereocenters. The van der Waals surface area contributed by atoms with Gasteiger partial charge >= 0.3 is 0 Å². The summed E-state index contributed by atoms with van der Waals surface area (Å²) in [5.41, 5.74) is 0.479. The van der Waals surface area contributed by atoms with Crippen LogP contribution in [0.25, 0.3) is 0 Å². The summed E-state index contributed by atoms with van der Waals surface area (Å²) in [5.74, 6) is 2.26. The Balaban J connectivity index is 1.32. The van der Waals surface area contributed by atoms with Gasteiger partial charge in [-0.3, -0.25) is 9.59 Å². The first-order valence-corrected chi connectivity index (χ1v) is 9.59. The van der Waals surface area contributed by atoms with Crippen LogP contribution in [0.15, 0.2) is 18.2 Å². The summed E-state index contributed by atoms with van der Waals surface area (Å²) in [7, 11) is 0. The van der Waals surface area contributed by atoms with Crippen LogP contribution >= 0.6 is 0 Å². The second-order valence-electron chi connectivity index (χ2n) is 7.30. The normalized spacial score (nSPS) is 17.8. The van der Waals surface area contributed by atoms with Crippen LogP contribution < -0.4 is 14.8 Å². The van der Waals surface area contributed by atoms with Gasteiger partial charge in [0.15, 0.2) is 17.3 Å². The Hall–Kier alpha value is -3.10. The number of fused-ring (bicyclic) bond motifs is 2. The lowest BCUT2D eigenvalue weighted by Crippen LogP contribution is -2.40. The lowest BCUT2D eigenvalue weighted by Gasteiger charge is -2.29. The number of benzene rings is 1. The number of para-hydroxylation sites is 1. The van der Waals surface area contributed by atoms with Crippen LogP contribution in [0.1, 0.15) is 39.6 Å². The van der Waals surface area contributed by atoms with E-state index < -0.39 is 0 Å². The van der Waals surface area contributed by atoms with Crippen LogP contribution in [0.2, 0.25) is 0 Å². The summed E-state index contributed by atoms with van der Waals surface area (Å²) < 4.78 is 13.0. The van der Waals surface area contributed by atoms with Crippen LogP contribution in [0, 0.1) is 5.92 Å². The van der Waals surface area contributed by atoms with Crippen LogP contribution in [0.4, 0.5) is 0 Å². The van der Waals surface area contributed by atoms with E-state index in [0.717, 1.165) is 0 Å². The average Bonchev–Trinajstić information content (AvgIpc) is 3.47. The number of ether oxygens (including phenoxy) is 2. The lowest BCUT2D eigenvalue weighted by atomic mass is 10.1. The number of rotatable bonds is 4. The van der Waals surface area contributed by atoms with Gasteiger partial charge in [-0.05, 0) is 30.9 Å². The maximum Gasteiger partial charge on any atom is 0.289 e. The van der Waals surface area contributed by atoms with Crippen molar-refractivity contribution < 1.29 is 19.1 Å². The number of aromatic nitrogens is 3. The Labute approximate surface area is 161 Å². The Morgan fingerprint density at radius 1 is 1.14 bits per heavy atom. The zero-order valence-electron chi connectivity index (χ0n) is 15.4. The van der Waals surface area contributed by atoms with Crippen molar-refractivity contribution in [3.8, 4) is 11.5 Å². The summed E-state index contributed by atoms with van der Waals surface area (Å²) in [6.45, 7) is 2.83. The number of hydrogen-bond acceptors (Lipinski definition) is 6. The smallest absolute Gasteiger partial charge is 0.289 e. The Kier molecular flexibility index (Phi) is 4.14. The van der Waals surface area contributed by atoms with Crippen molar-refractivity contribution in [3.63, 3.8) is 0 Å². The number of hydrogen-bond donors (Lipinski definition) is 1. The molecule has 1 fully saturated rings. The van der Waals surface area contributed by atoms with Crippen molar-refractivity contribution in [2.45, 2.75) is 25.9 Å². The van der Waals surface area contributed by atoms with E-state index in [4.69, 9.17) is 9.47 Å². The topological polar surface area (TPSA) is 98.6 Å². The minimum Gasteiger partial charge on any atom is -0.486 e. The Bertz CT molecular complexity index is 936. The van der Waals surface area contributed by atoms with E-state index in [1.54, 1.807) is 27.7 Å². The SMILES string of the molecule is O=C(NCC1CC1)c1nnc2n1CCN(C(=O)c1cccc3c1OCCO3)C2. The van der Waals surface area contributed by atoms with Crippen molar-refractivity contribution in [3.05, 3.63) is 35.4 Å². The molecule has 1 saturated carbocycles. The minimum absolute atomic E-state index is 0.142. The van der Waals surface area contributed by atoms with E-state index in [9.17, 15) is 9.59 Å². The molecule has 0 bridgehead atoms. The molecule has 1 aromatic carbocycles. The van der Waals surface area contributed by atoms with Crippen LogP contribution in [-0.2, 0) is 13.1 Å². The fraction of sp³-hybridized carbons (Fsp3) is 0.474. The molecule has 9 nitrogen and oxygen atoms in total. The third-order valence-corrected chi connectivity index (χ3v) is 5.29. The van der Waals surface area contributed by atoms with E-state index in [2.05, 4.69) is 15.5 Å². The van der Waals surface area contributed by atoms with Gasteiger partial charge in [-0.2, -0.15) is 0 Å². The summed E-state index contributed by atoms with van der Waals surface area (Å²) in [5, 5.41) is 11.1. The number of carbonyl (C=O) groups excluding carboxylic acids is 2. The fourth-order valence-corrected chi connectivity index (χ4v) is 3.55. The maximum absolute atomic E-state index is 13.1. The molecule has 9 heteroatoms. The minimum atomic E-state index is -0.201. The van der Waals surface area contributed by atoms with E-state index in [-0.39, 0.29) is 11.8 Å². The summed E-state index contributed by atoms with van der Waals surface area (Å²) in [6.07, 6.45) is 2.35. The van der Waals surface area contributed by atoms with Gasteiger partial charge in [0.05, 0.1) is 12.1 Å². The first-order chi connectivity index (χ1) is 13.7. The zero-order chi connectivity index (χ0) is 19.1. The molecule has 2 amide bonds. The summed E-state index contributed by atoms with van der Waals surface area (Å²) in [6, 6.07) is 5.33. The highest BCUT2D eigenvalue weighted by atomic mass is 16.6. The van der Waals surface area contributed by atoms with Crippen molar-refractivity contribution in [2.75, 3.05) is 26.3 Å². The predicted octanol–water partition coefficient (Wildman–Crippen LogP) is 0.845. The van der Waals surface area contributed by atoms with E-state index in [1.807, 2.05) is 0 Å². The molecule has 28 heavy (non-hydrogen) atoms. The third-order valence-electron chi connectivity index (χ3n) is 5.29. The second-order valence-corrected chi connectivity index (χ2v) is 7.30. The summed E-state index contributed by atoms with van der Waals surface area (Å²) >= 11 is 0. The van der Waals surface area contributed by atoms with Crippen molar-refractivity contribution >= 4 is 11.8 Å². The zero-order valence-corrected chi connectivity index (χ0v) is 15.4. The average molecular weight is 383 g/mol. The first kappa shape index (κ1) is 17.0. The van der Waals surface area contributed by atoms with Gasteiger partial charge in [0.25, 0.3) is 11.8 Å². The third kappa shape index (κ3) is 3.06. The van der Waals surface area contributed by atoms with Crippen molar-refractivity contribution in [1.82, 2.24) is 25.0 Å².